The zero-order valence-corrected chi connectivity index (χ0v) is 29.0. The molecule has 0 saturated carbocycles. The first-order valence-electron chi connectivity index (χ1n) is 17.3. The van der Waals surface area contributed by atoms with Gasteiger partial charge in [-0.3, -0.25) is 24.5 Å². The van der Waals surface area contributed by atoms with Gasteiger partial charge in [0.25, 0.3) is 5.91 Å². The molecule has 0 fully saturated rings. The first-order chi connectivity index (χ1) is 24.7. The lowest BCUT2D eigenvalue weighted by Gasteiger charge is -2.23. The standard InChI is InChI=1S/C41H46FN7O2/c1-29(36-11-4-9-33-8-2-3-10-37(33)36)47-40(51)38(12-6-24-46-41(43)44)48-39(50)34-17-13-32(14-18-34)28-49(26-22-31-7-5-23-45-27-31)25-21-30-15-19-35(42)20-16-30/h2-5,7-11,13-20,23,27,29,38H,6,12,21-22,24-26,28H2,1H3,(H,47,51)(H,48,50)(H4,43,44,46)/t29-,38+/m1/s1. The van der Waals surface area contributed by atoms with E-state index < -0.39 is 6.04 Å². The molecule has 0 aliphatic carbocycles. The van der Waals surface area contributed by atoms with E-state index in [9.17, 15) is 14.0 Å². The molecule has 5 rings (SSSR count). The van der Waals surface area contributed by atoms with Gasteiger partial charge in [0.15, 0.2) is 5.96 Å². The van der Waals surface area contributed by atoms with Crippen LogP contribution in [0.15, 0.2) is 121 Å². The third-order valence-electron chi connectivity index (χ3n) is 8.91. The second-order valence-electron chi connectivity index (χ2n) is 12.7. The Morgan fingerprint density at radius 1 is 0.824 bits per heavy atom. The summed E-state index contributed by atoms with van der Waals surface area (Å²) in [6.45, 7) is 4.54. The van der Waals surface area contributed by atoms with Gasteiger partial charge >= 0.3 is 0 Å². The molecule has 0 spiro atoms. The molecule has 0 radical (unpaired) electrons. The van der Waals surface area contributed by atoms with E-state index in [1.807, 2.05) is 85.9 Å². The first kappa shape index (κ1) is 36.7. The second kappa shape index (κ2) is 18.4. The summed E-state index contributed by atoms with van der Waals surface area (Å²) in [4.78, 5) is 37.8. The maximum atomic E-state index is 13.6. The van der Waals surface area contributed by atoms with Crippen molar-refractivity contribution >= 4 is 28.5 Å². The monoisotopic (exact) mass is 687 g/mol. The Hall–Kier alpha value is -5.61. The van der Waals surface area contributed by atoms with Gasteiger partial charge < -0.3 is 22.1 Å². The van der Waals surface area contributed by atoms with Crippen molar-refractivity contribution in [1.29, 1.82) is 0 Å². The highest BCUT2D eigenvalue weighted by Crippen LogP contribution is 2.24. The third-order valence-corrected chi connectivity index (χ3v) is 8.91. The predicted octanol–water partition coefficient (Wildman–Crippen LogP) is 5.69. The molecule has 4 aromatic carbocycles. The third kappa shape index (κ3) is 11.2. The normalized spacial score (nSPS) is 12.3. The fraction of sp³-hybridized carbons (Fsp3) is 0.268. The smallest absolute Gasteiger partial charge is 0.251 e. The van der Waals surface area contributed by atoms with Crippen molar-refractivity contribution in [2.75, 3.05) is 19.6 Å². The molecular weight excluding hydrogens is 641 g/mol. The van der Waals surface area contributed by atoms with Gasteiger partial charge in [0.1, 0.15) is 11.9 Å². The molecule has 2 amide bonds. The van der Waals surface area contributed by atoms with Crippen molar-refractivity contribution < 1.29 is 14.0 Å². The van der Waals surface area contributed by atoms with Crippen molar-refractivity contribution in [3.8, 4) is 0 Å². The number of benzene rings is 4. The van der Waals surface area contributed by atoms with E-state index in [4.69, 9.17) is 11.5 Å². The SMILES string of the molecule is C[C@@H](NC(=O)[C@H](CCCN=C(N)N)NC(=O)c1ccc(CN(CCc2ccc(F)cc2)CCc2cccnc2)cc1)c1cccc2ccccc12. The number of aliphatic imine (C=N–C) groups is 1. The molecule has 0 bridgehead atoms. The largest absolute Gasteiger partial charge is 0.370 e. The van der Waals surface area contributed by atoms with Crippen LogP contribution in [0, 0.1) is 5.82 Å². The number of pyridine rings is 1. The lowest BCUT2D eigenvalue weighted by molar-refractivity contribution is -0.123. The number of guanidine groups is 1. The summed E-state index contributed by atoms with van der Waals surface area (Å²) in [5, 5.41) is 8.21. The van der Waals surface area contributed by atoms with Gasteiger partial charge in [-0.2, -0.15) is 0 Å². The van der Waals surface area contributed by atoms with Crippen molar-refractivity contribution in [3.05, 3.63) is 149 Å². The number of nitrogens with two attached hydrogens (primary N) is 2. The molecule has 1 heterocycles. The van der Waals surface area contributed by atoms with Gasteiger partial charge in [-0.05, 0) is 96.0 Å². The predicted molar refractivity (Wildman–Crippen MR) is 201 cm³/mol. The molecular formula is C41H46FN7O2. The van der Waals surface area contributed by atoms with Crippen LogP contribution < -0.4 is 22.1 Å². The number of hydrogen-bond acceptors (Lipinski definition) is 5. The Balaban J connectivity index is 1.24. The summed E-state index contributed by atoms with van der Waals surface area (Å²) in [5.74, 6) is -0.887. The Morgan fingerprint density at radius 2 is 1.53 bits per heavy atom. The average molecular weight is 688 g/mol. The average Bonchev–Trinajstić information content (AvgIpc) is 3.14. The molecule has 1 aromatic heterocycles. The minimum atomic E-state index is -0.793. The molecule has 0 saturated heterocycles. The lowest BCUT2D eigenvalue weighted by Crippen LogP contribution is -2.47. The fourth-order valence-electron chi connectivity index (χ4n) is 6.09. The number of fused-ring (bicyclic) bond motifs is 1. The number of nitrogens with one attached hydrogen (secondary N) is 2. The number of halogens is 1. The molecule has 264 valence electrons. The van der Waals surface area contributed by atoms with Crippen LogP contribution in [-0.4, -0.2) is 53.3 Å². The first-order valence-corrected chi connectivity index (χ1v) is 17.3. The van der Waals surface area contributed by atoms with Gasteiger partial charge in [0, 0.05) is 44.1 Å². The molecule has 5 aromatic rings. The van der Waals surface area contributed by atoms with E-state index in [1.165, 1.54) is 12.1 Å². The maximum absolute atomic E-state index is 13.6. The quantitative estimate of drug-likeness (QED) is 0.0563. The van der Waals surface area contributed by atoms with E-state index in [1.54, 1.807) is 18.3 Å². The summed E-state index contributed by atoms with van der Waals surface area (Å²) in [7, 11) is 0. The van der Waals surface area contributed by atoms with E-state index in [0.717, 1.165) is 59.0 Å². The highest BCUT2D eigenvalue weighted by Gasteiger charge is 2.23. The minimum absolute atomic E-state index is 0.0178. The number of rotatable bonds is 17. The Labute approximate surface area is 299 Å². The van der Waals surface area contributed by atoms with Crippen LogP contribution in [0.25, 0.3) is 10.8 Å². The maximum Gasteiger partial charge on any atom is 0.251 e. The van der Waals surface area contributed by atoms with Crippen molar-refractivity contribution in [2.45, 2.75) is 51.2 Å². The van der Waals surface area contributed by atoms with E-state index in [2.05, 4.69) is 31.6 Å². The Bertz CT molecular complexity index is 1890. The van der Waals surface area contributed by atoms with Crippen LogP contribution in [0.1, 0.15) is 58.4 Å². The fourth-order valence-corrected chi connectivity index (χ4v) is 6.09. The zero-order valence-electron chi connectivity index (χ0n) is 29.0. The summed E-state index contributed by atoms with van der Waals surface area (Å²) < 4.78 is 13.5. The van der Waals surface area contributed by atoms with Gasteiger partial charge in [-0.15, -0.1) is 0 Å². The van der Waals surface area contributed by atoms with Crippen LogP contribution in [-0.2, 0) is 24.2 Å². The number of aromatic nitrogens is 1. The molecule has 2 atom stereocenters. The zero-order chi connectivity index (χ0) is 36.0. The molecule has 6 N–H and O–H groups in total. The topological polar surface area (TPSA) is 139 Å². The highest BCUT2D eigenvalue weighted by molar-refractivity contribution is 5.97. The molecule has 51 heavy (non-hydrogen) atoms. The minimum Gasteiger partial charge on any atom is -0.370 e. The number of carbonyl (C=O) groups excluding carboxylic acids is 2. The highest BCUT2D eigenvalue weighted by atomic mass is 19.1. The van der Waals surface area contributed by atoms with Gasteiger partial charge in [0.2, 0.25) is 5.91 Å². The lowest BCUT2D eigenvalue weighted by atomic mass is 9.99. The summed E-state index contributed by atoms with van der Waals surface area (Å²) >= 11 is 0. The number of nitrogens with zero attached hydrogens (tertiary/aromatic N) is 3. The van der Waals surface area contributed by atoms with E-state index in [-0.39, 0.29) is 29.6 Å². The Kier molecular flexibility index (Phi) is 13.2. The summed E-state index contributed by atoms with van der Waals surface area (Å²) in [6, 6.07) is 31.1. The van der Waals surface area contributed by atoms with Crippen LogP contribution in [0.2, 0.25) is 0 Å². The van der Waals surface area contributed by atoms with Crippen molar-refractivity contribution in [3.63, 3.8) is 0 Å². The summed E-state index contributed by atoms with van der Waals surface area (Å²) in [6.07, 6.45) is 6.12. The van der Waals surface area contributed by atoms with Gasteiger partial charge in [-0.1, -0.05) is 72.8 Å². The number of hydrogen-bond donors (Lipinski definition) is 4. The number of amides is 2. The van der Waals surface area contributed by atoms with Crippen LogP contribution in [0.5, 0.6) is 0 Å². The van der Waals surface area contributed by atoms with Crippen molar-refractivity contribution in [2.24, 2.45) is 16.5 Å². The Morgan fingerprint density at radius 3 is 2.25 bits per heavy atom. The van der Waals surface area contributed by atoms with Crippen LogP contribution in [0.4, 0.5) is 4.39 Å². The van der Waals surface area contributed by atoms with Gasteiger partial charge in [0.05, 0.1) is 6.04 Å². The van der Waals surface area contributed by atoms with Crippen LogP contribution >= 0.6 is 0 Å². The number of carbonyl (C=O) groups is 2. The second-order valence-corrected chi connectivity index (χ2v) is 12.7. The molecule has 9 nitrogen and oxygen atoms in total. The molecule has 0 unspecified atom stereocenters. The molecule has 0 aliphatic rings. The summed E-state index contributed by atoms with van der Waals surface area (Å²) in [5.41, 5.74) is 15.7. The van der Waals surface area contributed by atoms with Crippen molar-refractivity contribution in [1.82, 2.24) is 20.5 Å². The van der Waals surface area contributed by atoms with E-state index in [0.29, 0.717) is 31.5 Å². The van der Waals surface area contributed by atoms with Crippen LogP contribution in [0.3, 0.4) is 0 Å². The van der Waals surface area contributed by atoms with Gasteiger partial charge in [-0.25, -0.2) is 4.39 Å². The molecule has 10 heteroatoms. The molecule has 0 aliphatic heterocycles. The van der Waals surface area contributed by atoms with E-state index >= 15 is 0 Å².